The summed E-state index contributed by atoms with van der Waals surface area (Å²) in [5, 5.41) is 2.66. The first kappa shape index (κ1) is 27.9. The van der Waals surface area contributed by atoms with Gasteiger partial charge in [-0.2, -0.15) is 0 Å². The van der Waals surface area contributed by atoms with Crippen molar-refractivity contribution in [2.24, 2.45) is 5.92 Å². The zero-order valence-corrected chi connectivity index (χ0v) is 25.0. The third-order valence-electron chi connectivity index (χ3n) is 7.82. The fourth-order valence-corrected chi connectivity index (χ4v) is 5.85. The Morgan fingerprint density at radius 3 is 2.62 bits per heavy atom. The Morgan fingerprint density at radius 1 is 1.10 bits per heavy atom. The minimum atomic E-state index is -0.855. The first-order valence-electron chi connectivity index (χ1n) is 13.6. The van der Waals surface area contributed by atoms with Crippen LogP contribution in [-0.4, -0.2) is 75.9 Å². The van der Waals surface area contributed by atoms with Gasteiger partial charge in [0.1, 0.15) is 17.9 Å². The molecule has 6 rings (SSSR count). The number of amides is 4. The van der Waals surface area contributed by atoms with Gasteiger partial charge in [0.15, 0.2) is 11.5 Å². The highest BCUT2D eigenvalue weighted by Crippen LogP contribution is 2.42. The Hall–Kier alpha value is -4.26. The number of halogens is 1. The molecule has 1 aromatic heterocycles. The highest BCUT2D eigenvalue weighted by Gasteiger charge is 2.44. The Kier molecular flexibility index (Phi) is 7.43. The molecule has 0 radical (unpaired) electrons. The summed E-state index contributed by atoms with van der Waals surface area (Å²) < 4.78 is 16.9. The smallest absolute Gasteiger partial charge is 0.407 e. The van der Waals surface area contributed by atoms with Gasteiger partial charge in [-0.05, 0) is 35.2 Å². The third kappa shape index (κ3) is 5.13. The van der Waals surface area contributed by atoms with Gasteiger partial charge in [0.2, 0.25) is 12.7 Å². The van der Waals surface area contributed by atoms with E-state index in [-0.39, 0.29) is 37.9 Å². The van der Waals surface area contributed by atoms with E-state index in [0.717, 1.165) is 26.9 Å². The second-order valence-corrected chi connectivity index (χ2v) is 11.7. The second-order valence-electron chi connectivity index (χ2n) is 10.8. The molecule has 2 atom stereocenters. The van der Waals surface area contributed by atoms with Gasteiger partial charge in [0, 0.05) is 16.6 Å². The van der Waals surface area contributed by atoms with Gasteiger partial charge >= 0.3 is 12.1 Å². The molecular formula is C29H31BrN6O6. The lowest BCUT2D eigenvalue weighted by atomic mass is 10.0. The summed E-state index contributed by atoms with van der Waals surface area (Å²) in [6.45, 7) is 4.91. The van der Waals surface area contributed by atoms with Crippen LogP contribution < -0.4 is 14.8 Å². The van der Waals surface area contributed by atoms with Crippen LogP contribution in [0.5, 0.6) is 11.5 Å². The molecule has 2 N–H and O–H groups in total. The highest BCUT2D eigenvalue weighted by molar-refractivity contribution is 9.10. The van der Waals surface area contributed by atoms with Gasteiger partial charge in [0.25, 0.3) is 0 Å². The maximum atomic E-state index is 14.0. The summed E-state index contributed by atoms with van der Waals surface area (Å²) in [4.78, 5) is 52.9. The molecule has 12 nitrogen and oxygen atoms in total. The Morgan fingerprint density at radius 2 is 1.88 bits per heavy atom. The first-order valence-corrected chi connectivity index (χ1v) is 14.4. The van der Waals surface area contributed by atoms with Crippen LogP contribution >= 0.6 is 15.9 Å². The molecule has 3 aliphatic rings. The molecule has 0 bridgehead atoms. The molecule has 0 spiro atoms. The molecule has 1 saturated heterocycles. The summed E-state index contributed by atoms with van der Waals surface area (Å²) in [6, 6.07) is 9.99. The van der Waals surface area contributed by atoms with Crippen LogP contribution in [0.4, 0.5) is 9.59 Å². The summed E-state index contributed by atoms with van der Waals surface area (Å²) in [5.74, 6) is 1.35. The molecule has 4 amide bonds. The van der Waals surface area contributed by atoms with Gasteiger partial charge in [-0.1, -0.05) is 48.0 Å². The summed E-state index contributed by atoms with van der Waals surface area (Å²) >= 11 is 3.46. The average Bonchev–Trinajstić information content (AvgIpc) is 3.79. The largest absolute Gasteiger partial charge is 0.454 e. The molecule has 3 aliphatic heterocycles. The van der Waals surface area contributed by atoms with Crippen molar-refractivity contribution in [3.63, 3.8) is 0 Å². The van der Waals surface area contributed by atoms with Crippen molar-refractivity contribution in [2.75, 3.05) is 27.1 Å². The number of imidazole rings is 1. The van der Waals surface area contributed by atoms with E-state index in [1.54, 1.807) is 20.9 Å². The number of hydrogen-bond donors (Lipinski definition) is 2. The predicted octanol–water partition coefficient (Wildman–Crippen LogP) is 4.23. The number of aromatic amines is 1. The molecule has 4 heterocycles. The summed E-state index contributed by atoms with van der Waals surface area (Å²) in [7, 11) is 1.25. The Balaban J connectivity index is 1.27. The molecule has 2 aromatic carbocycles. The number of methoxy groups -OCH3 is 1. The Labute approximate surface area is 251 Å². The third-order valence-corrected chi connectivity index (χ3v) is 8.35. The fraction of sp³-hybridized carbons (Fsp3) is 0.379. The van der Waals surface area contributed by atoms with E-state index in [1.807, 2.05) is 50.2 Å². The van der Waals surface area contributed by atoms with E-state index in [9.17, 15) is 14.4 Å². The molecule has 0 saturated carbocycles. The SMILES string of the molecule is COC(=O)NC(C(=O)N1CN(C(=O)N2Cc3ccc4c(c3C2)OCO4)C[C@H]1c1ncc(-c2ccc(Br)cc2)[nH]1)C(C)C. The highest BCUT2D eigenvalue weighted by atomic mass is 79.9. The molecule has 13 heteroatoms. The summed E-state index contributed by atoms with van der Waals surface area (Å²) in [5.41, 5.74) is 3.66. The zero-order chi connectivity index (χ0) is 29.5. The zero-order valence-electron chi connectivity index (χ0n) is 23.4. The van der Waals surface area contributed by atoms with Gasteiger partial charge < -0.3 is 39.2 Å². The van der Waals surface area contributed by atoms with Gasteiger partial charge in [0.05, 0.1) is 38.8 Å². The maximum absolute atomic E-state index is 14.0. The number of nitrogens with one attached hydrogen (secondary N) is 2. The number of nitrogens with zero attached hydrogens (tertiary/aromatic N) is 4. The van der Waals surface area contributed by atoms with Gasteiger partial charge in [-0.15, -0.1) is 0 Å². The van der Waals surface area contributed by atoms with Crippen molar-refractivity contribution in [1.82, 2.24) is 30.0 Å². The quantitative estimate of drug-likeness (QED) is 0.428. The number of ether oxygens (including phenoxy) is 3. The number of rotatable bonds is 5. The molecule has 0 aliphatic carbocycles. The molecule has 3 aromatic rings. The van der Waals surface area contributed by atoms with E-state index in [1.165, 1.54) is 7.11 Å². The number of benzene rings is 2. The Bertz CT molecular complexity index is 1530. The van der Waals surface area contributed by atoms with E-state index in [0.29, 0.717) is 30.4 Å². The number of hydrogen-bond acceptors (Lipinski definition) is 7. The lowest BCUT2D eigenvalue weighted by molar-refractivity contribution is -0.135. The average molecular weight is 640 g/mol. The second kappa shape index (κ2) is 11.2. The minimum Gasteiger partial charge on any atom is -0.454 e. The fourth-order valence-electron chi connectivity index (χ4n) is 5.58. The van der Waals surface area contributed by atoms with Crippen LogP contribution in [0.1, 0.15) is 36.8 Å². The molecule has 42 heavy (non-hydrogen) atoms. The number of alkyl carbamates (subject to hydrolysis) is 1. The van der Waals surface area contributed by atoms with Crippen molar-refractivity contribution in [1.29, 1.82) is 0 Å². The standard InChI is InChI=1S/C29H31BrN6O6/c1-16(2)24(33-28(38)40-3)27(37)36-14-35(13-22(36)26-31-10-21(32-26)17-4-7-19(30)8-5-17)29(39)34-11-18-6-9-23-25(20(18)12-34)42-15-41-23/h4-10,16,22,24H,11-15H2,1-3H3,(H,31,32)(H,33,38)/t22-,24?/m0/s1. The van der Waals surface area contributed by atoms with Gasteiger partial charge in [-0.25, -0.2) is 14.6 Å². The van der Waals surface area contributed by atoms with Crippen molar-refractivity contribution >= 4 is 34.0 Å². The van der Waals surface area contributed by atoms with Crippen LogP contribution in [0.15, 0.2) is 47.1 Å². The molecular weight excluding hydrogens is 608 g/mol. The molecule has 1 fully saturated rings. The number of fused-ring (bicyclic) bond motifs is 3. The van der Waals surface area contributed by atoms with Gasteiger partial charge in [-0.3, -0.25) is 4.79 Å². The minimum absolute atomic E-state index is 0.0350. The number of carbonyl (C=O) groups is 3. The number of H-pyrrole nitrogens is 1. The van der Waals surface area contributed by atoms with Crippen LogP contribution in [0, 0.1) is 5.92 Å². The van der Waals surface area contributed by atoms with Crippen LogP contribution in [0.3, 0.4) is 0 Å². The van der Waals surface area contributed by atoms with E-state index < -0.39 is 18.2 Å². The summed E-state index contributed by atoms with van der Waals surface area (Å²) in [6.07, 6.45) is 1.02. The van der Waals surface area contributed by atoms with Crippen LogP contribution in [0.2, 0.25) is 0 Å². The maximum Gasteiger partial charge on any atom is 0.407 e. The van der Waals surface area contributed by atoms with E-state index in [4.69, 9.17) is 14.2 Å². The molecule has 1 unspecified atom stereocenters. The predicted molar refractivity (Wildman–Crippen MR) is 154 cm³/mol. The van der Waals surface area contributed by atoms with E-state index >= 15 is 0 Å². The van der Waals surface area contributed by atoms with Crippen molar-refractivity contribution in [3.8, 4) is 22.8 Å². The normalized spacial score (nSPS) is 17.9. The number of carbonyl (C=O) groups excluding carboxylic acids is 3. The number of urea groups is 1. The topological polar surface area (TPSA) is 129 Å². The number of aromatic nitrogens is 2. The lowest BCUT2D eigenvalue weighted by Gasteiger charge is -2.29. The van der Waals surface area contributed by atoms with E-state index in [2.05, 4.69) is 31.2 Å². The van der Waals surface area contributed by atoms with Crippen molar-refractivity contribution in [3.05, 3.63) is 64.0 Å². The monoisotopic (exact) mass is 638 g/mol. The van der Waals surface area contributed by atoms with Crippen molar-refractivity contribution in [2.45, 2.75) is 39.0 Å². The first-order chi connectivity index (χ1) is 20.2. The lowest BCUT2D eigenvalue weighted by Crippen LogP contribution is -2.52. The van der Waals surface area contributed by atoms with Crippen molar-refractivity contribution < 1.29 is 28.6 Å². The molecule has 220 valence electrons. The van der Waals surface area contributed by atoms with Crippen LogP contribution in [0.25, 0.3) is 11.3 Å². The van der Waals surface area contributed by atoms with Crippen LogP contribution in [-0.2, 0) is 22.6 Å².